The molecule has 0 saturated carbocycles. The van der Waals surface area contributed by atoms with Gasteiger partial charge in [-0.05, 0) is 12.2 Å². The van der Waals surface area contributed by atoms with E-state index >= 15 is 0 Å². The van der Waals surface area contributed by atoms with Gasteiger partial charge in [-0.25, -0.2) is 13.2 Å². The quantitative estimate of drug-likeness (QED) is 0.634. The molecule has 0 aromatic carbocycles. The summed E-state index contributed by atoms with van der Waals surface area (Å²) in [5.41, 5.74) is 0. The first kappa shape index (κ1) is 14.1. The van der Waals surface area contributed by atoms with Crippen molar-refractivity contribution >= 4 is 33.4 Å². The number of thiocarbonyl (C=S) groups is 1. The highest BCUT2D eigenvalue weighted by Gasteiger charge is 2.25. The molecule has 7 nitrogen and oxygen atoms in total. The predicted molar refractivity (Wildman–Crippen MR) is 66.1 cm³/mol. The van der Waals surface area contributed by atoms with Crippen molar-refractivity contribution in [3.63, 3.8) is 0 Å². The number of methoxy groups -OCH3 is 1. The molecular formula is C8H15N3O4S2. The number of carbonyl (C=O) groups excluding carboxylic acids is 1. The summed E-state index contributed by atoms with van der Waals surface area (Å²) in [4.78, 5) is 12.7. The maximum absolute atomic E-state index is 11.3. The molecule has 0 aliphatic carbocycles. The monoisotopic (exact) mass is 281 g/mol. The van der Waals surface area contributed by atoms with Gasteiger partial charge in [0.25, 0.3) is 0 Å². The molecule has 1 saturated heterocycles. The molecule has 1 N–H and O–H groups in total. The summed E-state index contributed by atoms with van der Waals surface area (Å²) in [5.74, 6) is 0. The largest absolute Gasteiger partial charge is 0.453 e. The zero-order chi connectivity index (χ0) is 13.1. The third-order valence-electron chi connectivity index (χ3n) is 2.39. The third-order valence-corrected chi connectivity index (χ3v) is 4.05. The maximum Gasteiger partial charge on any atom is 0.413 e. The van der Waals surface area contributed by atoms with Crippen LogP contribution in [-0.4, -0.2) is 68.4 Å². The molecule has 0 bridgehead atoms. The first-order valence-corrected chi connectivity index (χ1v) is 7.19. The molecule has 1 amide bonds. The van der Waals surface area contributed by atoms with E-state index in [4.69, 9.17) is 12.2 Å². The lowest BCUT2D eigenvalue weighted by Gasteiger charge is -2.34. The van der Waals surface area contributed by atoms with Crippen LogP contribution in [0.15, 0.2) is 0 Å². The van der Waals surface area contributed by atoms with E-state index in [9.17, 15) is 13.2 Å². The van der Waals surface area contributed by atoms with E-state index < -0.39 is 16.1 Å². The lowest BCUT2D eigenvalue weighted by molar-refractivity contribution is 0.174. The second-order valence-electron chi connectivity index (χ2n) is 3.57. The van der Waals surface area contributed by atoms with Crippen LogP contribution in [0.2, 0.25) is 0 Å². The van der Waals surface area contributed by atoms with Gasteiger partial charge < -0.3 is 9.64 Å². The molecule has 0 atom stereocenters. The minimum atomic E-state index is -3.15. The molecule has 1 rings (SSSR count). The van der Waals surface area contributed by atoms with E-state index in [1.165, 1.54) is 17.7 Å². The smallest absolute Gasteiger partial charge is 0.413 e. The van der Waals surface area contributed by atoms with Crippen LogP contribution < -0.4 is 5.32 Å². The molecule has 0 aromatic rings. The summed E-state index contributed by atoms with van der Waals surface area (Å²) in [6, 6.07) is 0. The van der Waals surface area contributed by atoms with Gasteiger partial charge in [-0.3, -0.25) is 5.32 Å². The van der Waals surface area contributed by atoms with Gasteiger partial charge in [0, 0.05) is 26.2 Å². The van der Waals surface area contributed by atoms with Crippen LogP contribution in [0.3, 0.4) is 0 Å². The Morgan fingerprint density at radius 2 is 1.82 bits per heavy atom. The van der Waals surface area contributed by atoms with Gasteiger partial charge in [-0.2, -0.15) is 4.31 Å². The summed E-state index contributed by atoms with van der Waals surface area (Å²) in [6.45, 7) is 1.63. The van der Waals surface area contributed by atoms with Crippen molar-refractivity contribution in [2.45, 2.75) is 0 Å². The summed E-state index contributed by atoms with van der Waals surface area (Å²) in [7, 11) is -1.90. The molecular weight excluding hydrogens is 266 g/mol. The predicted octanol–water partition coefficient (Wildman–Crippen LogP) is -0.795. The lowest BCUT2D eigenvalue weighted by atomic mass is 10.4. The van der Waals surface area contributed by atoms with Crippen molar-refractivity contribution in [3.05, 3.63) is 0 Å². The Morgan fingerprint density at radius 1 is 1.29 bits per heavy atom. The van der Waals surface area contributed by atoms with Crippen molar-refractivity contribution in [2.75, 3.05) is 39.5 Å². The van der Waals surface area contributed by atoms with Crippen LogP contribution in [0.25, 0.3) is 0 Å². The highest BCUT2D eigenvalue weighted by Crippen LogP contribution is 2.06. The van der Waals surface area contributed by atoms with Crippen molar-refractivity contribution in [1.82, 2.24) is 14.5 Å². The highest BCUT2D eigenvalue weighted by atomic mass is 32.2. The fourth-order valence-electron chi connectivity index (χ4n) is 1.44. The van der Waals surface area contributed by atoms with Gasteiger partial charge in [0.15, 0.2) is 5.11 Å². The van der Waals surface area contributed by atoms with Gasteiger partial charge in [-0.15, -0.1) is 0 Å². The molecule has 1 aliphatic rings. The molecule has 1 aliphatic heterocycles. The van der Waals surface area contributed by atoms with Gasteiger partial charge >= 0.3 is 6.09 Å². The molecule has 0 spiro atoms. The Labute approximate surface area is 106 Å². The van der Waals surface area contributed by atoms with Crippen molar-refractivity contribution in [3.8, 4) is 0 Å². The Morgan fingerprint density at radius 3 is 2.24 bits per heavy atom. The number of carbonyl (C=O) groups is 1. The second-order valence-corrected chi connectivity index (χ2v) is 5.94. The number of hydrogen-bond acceptors (Lipinski definition) is 5. The number of nitrogens with one attached hydrogen (secondary N) is 1. The van der Waals surface area contributed by atoms with Crippen molar-refractivity contribution in [2.24, 2.45) is 0 Å². The van der Waals surface area contributed by atoms with Gasteiger partial charge in [-0.1, -0.05) is 0 Å². The molecule has 0 aromatic heterocycles. The van der Waals surface area contributed by atoms with Crippen LogP contribution in [0.5, 0.6) is 0 Å². The van der Waals surface area contributed by atoms with Crippen molar-refractivity contribution < 1.29 is 17.9 Å². The van der Waals surface area contributed by atoms with Crippen LogP contribution in [0.1, 0.15) is 0 Å². The zero-order valence-corrected chi connectivity index (χ0v) is 11.3. The van der Waals surface area contributed by atoms with E-state index in [1.54, 1.807) is 4.90 Å². The number of nitrogens with zero attached hydrogens (tertiary/aromatic N) is 2. The summed E-state index contributed by atoms with van der Waals surface area (Å²) >= 11 is 4.99. The number of ether oxygens (including phenoxy) is 1. The number of sulfonamides is 1. The zero-order valence-electron chi connectivity index (χ0n) is 9.67. The van der Waals surface area contributed by atoms with Gasteiger partial charge in [0.05, 0.1) is 13.4 Å². The molecule has 98 valence electrons. The average Bonchev–Trinajstić information content (AvgIpc) is 2.27. The topological polar surface area (TPSA) is 79.0 Å². The van der Waals surface area contributed by atoms with E-state index in [0.29, 0.717) is 26.2 Å². The Kier molecular flexibility index (Phi) is 4.66. The SMILES string of the molecule is COC(=O)NC(=S)N1CCN(S(C)(=O)=O)CC1. The normalized spacial score (nSPS) is 17.6. The Hall–Kier alpha value is -0.930. The maximum atomic E-state index is 11.3. The first-order chi connectivity index (χ1) is 7.84. The number of alkyl carbamates (subject to hydrolysis) is 1. The Balaban J connectivity index is 2.47. The average molecular weight is 281 g/mol. The second kappa shape index (κ2) is 5.61. The minimum Gasteiger partial charge on any atom is -0.453 e. The van der Waals surface area contributed by atoms with E-state index in [0.717, 1.165) is 0 Å². The molecule has 1 fully saturated rings. The van der Waals surface area contributed by atoms with Gasteiger partial charge in [0.2, 0.25) is 10.0 Å². The molecule has 1 heterocycles. The summed E-state index contributed by atoms with van der Waals surface area (Å²) in [6.07, 6.45) is 0.550. The Bertz CT molecular complexity index is 401. The third kappa shape index (κ3) is 4.10. The molecule has 0 unspecified atom stereocenters. The number of piperazine rings is 1. The minimum absolute atomic E-state index is 0.255. The number of amides is 1. The van der Waals surface area contributed by atoms with E-state index in [-0.39, 0.29) is 5.11 Å². The van der Waals surface area contributed by atoms with Gasteiger partial charge in [0.1, 0.15) is 0 Å². The summed E-state index contributed by atoms with van der Waals surface area (Å²) in [5, 5.41) is 2.64. The number of hydrogen-bond donors (Lipinski definition) is 1. The van der Waals surface area contributed by atoms with E-state index in [1.807, 2.05) is 0 Å². The van der Waals surface area contributed by atoms with E-state index in [2.05, 4.69) is 10.1 Å². The van der Waals surface area contributed by atoms with Crippen molar-refractivity contribution in [1.29, 1.82) is 0 Å². The van der Waals surface area contributed by atoms with Crippen LogP contribution in [-0.2, 0) is 14.8 Å². The van der Waals surface area contributed by atoms with Crippen LogP contribution in [0, 0.1) is 0 Å². The fourth-order valence-corrected chi connectivity index (χ4v) is 2.53. The van der Waals surface area contributed by atoms with Crippen LogP contribution in [0.4, 0.5) is 4.79 Å². The lowest BCUT2D eigenvalue weighted by Crippen LogP contribution is -2.53. The fraction of sp³-hybridized carbons (Fsp3) is 0.750. The first-order valence-electron chi connectivity index (χ1n) is 4.93. The molecule has 9 heteroatoms. The highest BCUT2D eigenvalue weighted by molar-refractivity contribution is 7.88. The van der Waals surface area contributed by atoms with Crippen LogP contribution >= 0.6 is 12.2 Å². The standard InChI is InChI=1S/C8H15N3O4S2/c1-15-8(12)9-7(16)10-3-5-11(6-4-10)17(2,13)14/h3-6H2,1-2H3,(H,9,12,16). The molecule has 17 heavy (non-hydrogen) atoms. The molecule has 0 radical (unpaired) electrons. The summed E-state index contributed by atoms with van der Waals surface area (Å²) < 4.78 is 28.3. The number of rotatable bonds is 1.